The summed E-state index contributed by atoms with van der Waals surface area (Å²) in [5, 5.41) is 9.24. The molecule has 0 aromatic heterocycles. The van der Waals surface area contributed by atoms with Crippen molar-refractivity contribution < 1.29 is 9.50 Å². The van der Waals surface area contributed by atoms with Gasteiger partial charge in [-0.3, -0.25) is 0 Å². The molecule has 0 saturated heterocycles. The highest BCUT2D eigenvalue weighted by atomic mass is 32.2. The SMILES string of the molecule is CSc1ccc([C@H](CCO)c2ccc(F)cc2)cc1. The summed E-state index contributed by atoms with van der Waals surface area (Å²) in [4.78, 5) is 1.21. The van der Waals surface area contributed by atoms with Gasteiger partial charge in [0.05, 0.1) is 0 Å². The predicted molar refractivity (Wildman–Crippen MR) is 78.2 cm³/mol. The van der Waals surface area contributed by atoms with Gasteiger partial charge in [0.2, 0.25) is 0 Å². The number of aliphatic hydroxyl groups is 1. The van der Waals surface area contributed by atoms with E-state index in [0.717, 1.165) is 11.1 Å². The molecular formula is C16H17FOS. The first kappa shape index (κ1) is 14.1. The van der Waals surface area contributed by atoms with Crippen LogP contribution in [0.2, 0.25) is 0 Å². The lowest BCUT2D eigenvalue weighted by Gasteiger charge is -2.17. The summed E-state index contributed by atoms with van der Waals surface area (Å²) in [7, 11) is 0. The maximum absolute atomic E-state index is 13.0. The van der Waals surface area contributed by atoms with Crippen molar-refractivity contribution in [2.75, 3.05) is 12.9 Å². The molecule has 2 aromatic carbocycles. The molecule has 0 unspecified atom stereocenters. The third kappa shape index (κ3) is 3.58. The first-order chi connectivity index (χ1) is 9.24. The van der Waals surface area contributed by atoms with Crippen LogP contribution in [-0.4, -0.2) is 18.0 Å². The maximum atomic E-state index is 13.0. The number of rotatable bonds is 5. The first-order valence-electron chi connectivity index (χ1n) is 6.25. The topological polar surface area (TPSA) is 20.2 Å². The Hall–Kier alpha value is -1.32. The first-order valence-corrected chi connectivity index (χ1v) is 7.47. The van der Waals surface area contributed by atoms with Crippen molar-refractivity contribution in [3.63, 3.8) is 0 Å². The highest BCUT2D eigenvalue weighted by Crippen LogP contribution is 2.29. The van der Waals surface area contributed by atoms with Crippen molar-refractivity contribution in [3.05, 3.63) is 65.5 Å². The molecule has 19 heavy (non-hydrogen) atoms. The van der Waals surface area contributed by atoms with E-state index in [1.165, 1.54) is 17.0 Å². The molecule has 0 aliphatic heterocycles. The van der Waals surface area contributed by atoms with E-state index in [-0.39, 0.29) is 18.3 Å². The quantitative estimate of drug-likeness (QED) is 0.831. The lowest BCUT2D eigenvalue weighted by molar-refractivity contribution is 0.281. The summed E-state index contributed by atoms with van der Waals surface area (Å²) in [6.07, 6.45) is 2.68. The molecule has 1 atom stereocenters. The number of hydrogen-bond acceptors (Lipinski definition) is 2. The van der Waals surface area contributed by atoms with Gasteiger partial charge in [-0.1, -0.05) is 24.3 Å². The molecule has 0 saturated carbocycles. The second-order valence-electron chi connectivity index (χ2n) is 4.39. The van der Waals surface area contributed by atoms with Crippen LogP contribution in [0.1, 0.15) is 23.5 Å². The maximum Gasteiger partial charge on any atom is 0.123 e. The van der Waals surface area contributed by atoms with Crippen molar-refractivity contribution >= 4 is 11.8 Å². The highest BCUT2D eigenvalue weighted by Gasteiger charge is 2.13. The van der Waals surface area contributed by atoms with Gasteiger partial charge in [0.25, 0.3) is 0 Å². The fraction of sp³-hybridized carbons (Fsp3) is 0.250. The second kappa shape index (κ2) is 6.73. The standard InChI is InChI=1S/C16H17FOS/c1-19-15-8-4-13(5-9-15)16(10-11-18)12-2-6-14(17)7-3-12/h2-9,16,18H,10-11H2,1H3/t16-/m1/s1. The Morgan fingerprint density at radius 1 is 1.00 bits per heavy atom. The van der Waals surface area contributed by atoms with E-state index >= 15 is 0 Å². The van der Waals surface area contributed by atoms with Crippen LogP contribution >= 0.6 is 11.8 Å². The number of aliphatic hydroxyl groups excluding tert-OH is 1. The van der Waals surface area contributed by atoms with E-state index in [1.54, 1.807) is 23.9 Å². The second-order valence-corrected chi connectivity index (χ2v) is 5.27. The largest absolute Gasteiger partial charge is 0.396 e. The molecule has 0 heterocycles. The summed E-state index contributed by atoms with van der Waals surface area (Å²) in [6.45, 7) is 0.117. The minimum atomic E-state index is -0.232. The summed E-state index contributed by atoms with van der Waals surface area (Å²) in [5.41, 5.74) is 2.19. The normalized spacial score (nSPS) is 12.4. The van der Waals surface area contributed by atoms with E-state index in [0.29, 0.717) is 6.42 Å². The minimum absolute atomic E-state index is 0.113. The molecule has 3 heteroatoms. The molecule has 2 rings (SSSR count). The van der Waals surface area contributed by atoms with Gasteiger partial charge in [-0.2, -0.15) is 0 Å². The zero-order chi connectivity index (χ0) is 13.7. The fourth-order valence-corrected chi connectivity index (χ4v) is 2.59. The van der Waals surface area contributed by atoms with E-state index in [4.69, 9.17) is 0 Å². The van der Waals surface area contributed by atoms with Gasteiger partial charge < -0.3 is 5.11 Å². The van der Waals surface area contributed by atoms with E-state index in [2.05, 4.69) is 24.3 Å². The van der Waals surface area contributed by atoms with Gasteiger partial charge in [0, 0.05) is 17.4 Å². The summed E-state index contributed by atoms with van der Waals surface area (Å²) < 4.78 is 13.0. The monoisotopic (exact) mass is 276 g/mol. The van der Waals surface area contributed by atoms with Crippen LogP contribution in [0.15, 0.2) is 53.4 Å². The average molecular weight is 276 g/mol. The number of hydrogen-bond donors (Lipinski definition) is 1. The van der Waals surface area contributed by atoms with Crippen molar-refractivity contribution in [1.29, 1.82) is 0 Å². The van der Waals surface area contributed by atoms with Gasteiger partial charge in [0.1, 0.15) is 5.82 Å². The van der Waals surface area contributed by atoms with E-state index < -0.39 is 0 Å². The van der Waals surface area contributed by atoms with Gasteiger partial charge in [-0.05, 0) is 48.1 Å². The molecule has 0 aliphatic carbocycles. The van der Waals surface area contributed by atoms with Crippen LogP contribution in [0.4, 0.5) is 4.39 Å². The van der Waals surface area contributed by atoms with Gasteiger partial charge in [-0.15, -0.1) is 11.8 Å². The predicted octanol–water partition coefficient (Wildman–Crippen LogP) is 4.06. The molecule has 0 amide bonds. The molecule has 0 bridgehead atoms. The Balaban J connectivity index is 2.30. The lowest BCUT2D eigenvalue weighted by atomic mass is 9.89. The van der Waals surface area contributed by atoms with E-state index in [1.807, 2.05) is 6.26 Å². The molecule has 1 nitrogen and oxygen atoms in total. The van der Waals surface area contributed by atoms with Gasteiger partial charge in [0.15, 0.2) is 0 Å². The van der Waals surface area contributed by atoms with Crippen LogP contribution in [0.25, 0.3) is 0 Å². The molecule has 0 aliphatic rings. The summed E-state index contributed by atoms with van der Waals surface area (Å²) in [5.74, 6) is -0.120. The number of halogens is 1. The molecule has 0 radical (unpaired) electrons. The number of thioether (sulfide) groups is 1. The third-order valence-corrected chi connectivity index (χ3v) is 3.95. The van der Waals surface area contributed by atoms with Crippen LogP contribution in [0.3, 0.4) is 0 Å². The summed E-state index contributed by atoms with van der Waals surface area (Å²) >= 11 is 1.70. The van der Waals surface area contributed by atoms with Crippen molar-refractivity contribution in [1.82, 2.24) is 0 Å². The zero-order valence-electron chi connectivity index (χ0n) is 10.8. The number of benzene rings is 2. The highest BCUT2D eigenvalue weighted by molar-refractivity contribution is 7.98. The van der Waals surface area contributed by atoms with Crippen molar-refractivity contribution in [2.45, 2.75) is 17.2 Å². The van der Waals surface area contributed by atoms with Gasteiger partial charge in [-0.25, -0.2) is 4.39 Å². The molecule has 0 spiro atoms. The Morgan fingerprint density at radius 2 is 1.53 bits per heavy atom. The Bertz CT molecular complexity index is 507. The smallest absolute Gasteiger partial charge is 0.123 e. The molecular weight excluding hydrogens is 259 g/mol. The van der Waals surface area contributed by atoms with E-state index in [9.17, 15) is 9.50 Å². The van der Waals surface area contributed by atoms with Crippen LogP contribution < -0.4 is 0 Å². The minimum Gasteiger partial charge on any atom is -0.396 e. The fourth-order valence-electron chi connectivity index (χ4n) is 2.19. The summed E-state index contributed by atoms with van der Waals surface area (Å²) in [6, 6.07) is 14.8. The third-order valence-electron chi connectivity index (χ3n) is 3.21. The zero-order valence-corrected chi connectivity index (χ0v) is 11.7. The van der Waals surface area contributed by atoms with Crippen molar-refractivity contribution in [2.24, 2.45) is 0 Å². The van der Waals surface area contributed by atoms with Crippen LogP contribution in [0, 0.1) is 5.82 Å². The average Bonchev–Trinajstić information content (AvgIpc) is 2.46. The van der Waals surface area contributed by atoms with Crippen LogP contribution in [0.5, 0.6) is 0 Å². The molecule has 0 fully saturated rings. The van der Waals surface area contributed by atoms with Crippen LogP contribution in [-0.2, 0) is 0 Å². The van der Waals surface area contributed by atoms with Gasteiger partial charge >= 0.3 is 0 Å². The molecule has 100 valence electrons. The molecule has 1 N–H and O–H groups in total. The Morgan fingerprint density at radius 3 is 2.00 bits per heavy atom. The Kier molecular flexibility index (Phi) is 5.00. The molecule has 2 aromatic rings. The lowest BCUT2D eigenvalue weighted by Crippen LogP contribution is -2.03. The van der Waals surface area contributed by atoms with Crippen molar-refractivity contribution in [3.8, 4) is 0 Å². The Labute approximate surface area is 117 Å².